The van der Waals surface area contributed by atoms with Gasteiger partial charge in [-0.15, -0.1) is 0 Å². The number of hydrogen-bond donors (Lipinski definition) is 1. The van der Waals surface area contributed by atoms with Crippen LogP contribution in [0, 0.1) is 5.92 Å². The lowest BCUT2D eigenvalue weighted by molar-refractivity contribution is -0.137. The van der Waals surface area contributed by atoms with Gasteiger partial charge in [0.1, 0.15) is 0 Å². The molecule has 2 aliphatic heterocycles. The molecule has 1 spiro atoms. The van der Waals surface area contributed by atoms with Crippen LogP contribution in [0.5, 0.6) is 0 Å². The van der Waals surface area contributed by atoms with Crippen LogP contribution in [0.3, 0.4) is 0 Å². The molecule has 1 aliphatic carbocycles. The Hall–Kier alpha value is -1.32. The van der Waals surface area contributed by atoms with Gasteiger partial charge in [0, 0.05) is 31.0 Å². The largest absolute Gasteiger partial charge is 0.351 e. The third kappa shape index (κ3) is 2.53. The first-order chi connectivity index (χ1) is 9.19. The van der Waals surface area contributed by atoms with Gasteiger partial charge < -0.3 is 10.2 Å². The van der Waals surface area contributed by atoms with Gasteiger partial charge in [0.05, 0.1) is 0 Å². The zero-order chi connectivity index (χ0) is 13.3. The van der Waals surface area contributed by atoms with Crippen LogP contribution in [-0.4, -0.2) is 35.3 Å². The number of amides is 2. The van der Waals surface area contributed by atoms with Crippen LogP contribution in [0.25, 0.3) is 0 Å². The van der Waals surface area contributed by atoms with Gasteiger partial charge in [-0.1, -0.05) is 12.2 Å². The molecule has 2 saturated heterocycles. The van der Waals surface area contributed by atoms with E-state index in [0.29, 0.717) is 12.3 Å². The quantitative estimate of drug-likeness (QED) is 0.730. The fourth-order valence-corrected chi connectivity index (χ4v) is 3.62. The van der Waals surface area contributed by atoms with Crippen LogP contribution >= 0.6 is 0 Å². The molecule has 3 rings (SSSR count). The smallest absolute Gasteiger partial charge is 0.226 e. The second-order valence-electron chi connectivity index (χ2n) is 6.15. The van der Waals surface area contributed by atoms with Crippen molar-refractivity contribution in [1.82, 2.24) is 10.2 Å². The summed E-state index contributed by atoms with van der Waals surface area (Å²) in [5.74, 6) is 0.669. The number of rotatable bonds is 1. The molecule has 3 aliphatic rings. The van der Waals surface area contributed by atoms with Crippen LogP contribution in [-0.2, 0) is 9.59 Å². The van der Waals surface area contributed by atoms with Gasteiger partial charge in [0.25, 0.3) is 0 Å². The van der Waals surface area contributed by atoms with Gasteiger partial charge in [0.2, 0.25) is 11.8 Å². The number of piperidine rings is 2. The summed E-state index contributed by atoms with van der Waals surface area (Å²) in [6, 6.07) is 0. The molecule has 0 unspecified atom stereocenters. The second-order valence-corrected chi connectivity index (χ2v) is 6.15. The van der Waals surface area contributed by atoms with Crippen LogP contribution in [0.4, 0.5) is 0 Å². The molecule has 0 aromatic carbocycles. The molecule has 0 aromatic heterocycles. The maximum absolute atomic E-state index is 12.3. The summed E-state index contributed by atoms with van der Waals surface area (Å²) in [5.41, 5.74) is -0.0138. The zero-order valence-electron chi connectivity index (χ0n) is 11.4. The highest BCUT2D eigenvalue weighted by atomic mass is 16.2. The normalized spacial score (nSPS) is 26.7. The van der Waals surface area contributed by atoms with Crippen molar-refractivity contribution >= 4 is 11.8 Å². The highest BCUT2D eigenvalue weighted by Gasteiger charge is 2.39. The molecular formula is C15H22N2O2. The van der Waals surface area contributed by atoms with Crippen molar-refractivity contribution < 1.29 is 9.59 Å². The Labute approximate surface area is 114 Å². The van der Waals surface area contributed by atoms with Crippen LogP contribution in [0.15, 0.2) is 12.2 Å². The number of carbonyl (C=O) groups excluding carboxylic acids is 2. The van der Waals surface area contributed by atoms with Crippen molar-refractivity contribution in [2.75, 3.05) is 13.1 Å². The lowest BCUT2D eigenvalue weighted by atomic mass is 9.80. The number of nitrogens with one attached hydrogen (secondary N) is 1. The van der Waals surface area contributed by atoms with Crippen molar-refractivity contribution in [2.45, 2.75) is 50.5 Å². The molecule has 0 bridgehead atoms. The lowest BCUT2D eigenvalue weighted by Crippen LogP contribution is -2.58. The minimum atomic E-state index is -0.0138. The van der Waals surface area contributed by atoms with Crippen molar-refractivity contribution in [3.63, 3.8) is 0 Å². The van der Waals surface area contributed by atoms with E-state index in [1.165, 1.54) is 0 Å². The fourth-order valence-electron chi connectivity index (χ4n) is 3.62. The SMILES string of the molecule is O=C1CCCC2(CCN(C(=O)C3CC=CC3)CC2)N1. The first kappa shape index (κ1) is 12.7. The molecule has 0 radical (unpaired) electrons. The predicted octanol–water partition coefficient (Wildman–Crippen LogP) is 1.61. The van der Waals surface area contributed by atoms with E-state index in [9.17, 15) is 9.59 Å². The lowest BCUT2D eigenvalue weighted by Gasteiger charge is -2.45. The first-order valence-electron chi connectivity index (χ1n) is 7.43. The van der Waals surface area contributed by atoms with E-state index in [-0.39, 0.29) is 17.4 Å². The minimum absolute atomic E-state index is 0.0138. The molecule has 0 atom stereocenters. The van der Waals surface area contributed by atoms with E-state index in [1.807, 2.05) is 4.90 Å². The fraction of sp³-hybridized carbons (Fsp3) is 0.733. The molecule has 2 heterocycles. The molecule has 0 aromatic rings. The van der Waals surface area contributed by atoms with Gasteiger partial charge in [0.15, 0.2) is 0 Å². The number of nitrogens with zero attached hydrogens (tertiary/aromatic N) is 1. The Bertz CT molecular complexity index is 400. The van der Waals surface area contributed by atoms with Gasteiger partial charge in [-0.25, -0.2) is 0 Å². The van der Waals surface area contributed by atoms with Crippen molar-refractivity contribution in [3.05, 3.63) is 12.2 Å². The molecule has 0 saturated carbocycles. The van der Waals surface area contributed by atoms with E-state index in [4.69, 9.17) is 0 Å². The van der Waals surface area contributed by atoms with E-state index in [0.717, 1.165) is 51.6 Å². The highest BCUT2D eigenvalue weighted by Crippen LogP contribution is 2.32. The van der Waals surface area contributed by atoms with Crippen molar-refractivity contribution in [1.29, 1.82) is 0 Å². The van der Waals surface area contributed by atoms with E-state index >= 15 is 0 Å². The van der Waals surface area contributed by atoms with Gasteiger partial charge >= 0.3 is 0 Å². The Kier molecular flexibility index (Phi) is 3.33. The molecule has 19 heavy (non-hydrogen) atoms. The van der Waals surface area contributed by atoms with E-state index in [2.05, 4.69) is 17.5 Å². The maximum Gasteiger partial charge on any atom is 0.226 e. The molecule has 1 N–H and O–H groups in total. The maximum atomic E-state index is 12.3. The predicted molar refractivity (Wildman–Crippen MR) is 72.4 cm³/mol. The Morgan fingerprint density at radius 3 is 2.53 bits per heavy atom. The summed E-state index contributed by atoms with van der Waals surface area (Å²) in [7, 11) is 0. The molecular weight excluding hydrogens is 240 g/mol. The standard InChI is InChI=1S/C15H22N2O2/c18-13-6-3-7-15(16-13)8-10-17(11-9-15)14(19)12-4-1-2-5-12/h1-2,12H,3-11H2,(H,16,18). The topological polar surface area (TPSA) is 49.4 Å². The number of carbonyl (C=O) groups is 2. The number of likely N-dealkylation sites (tertiary alicyclic amines) is 1. The Morgan fingerprint density at radius 1 is 1.21 bits per heavy atom. The van der Waals surface area contributed by atoms with Gasteiger partial charge in [-0.05, 0) is 38.5 Å². The molecule has 4 nitrogen and oxygen atoms in total. The molecule has 2 amide bonds. The Morgan fingerprint density at radius 2 is 1.89 bits per heavy atom. The summed E-state index contributed by atoms with van der Waals surface area (Å²) >= 11 is 0. The second kappa shape index (κ2) is 4.99. The van der Waals surface area contributed by atoms with Crippen molar-refractivity contribution in [3.8, 4) is 0 Å². The minimum Gasteiger partial charge on any atom is -0.351 e. The molecule has 104 valence electrons. The summed E-state index contributed by atoms with van der Waals surface area (Å²) in [5, 5.41) is 3.17. The summed E-state index contributed by atoms with van der Waals surface area (Å²) in [6.45, 7) is 1.60. The van der Waals surface area contributed by atoms with E-state index < -0.39 is 0 Å². The summed E-state index contributed by atoms with van der Waals surface area (Å²) in [6.07, 6.45) is 10.6. The van der Waals surface area contributed by atoms with E-state index in [1.54, 1.807) is 0 Å². The van der Waals surface area contributed by atoms with Gasteiger partial charge in [-0.2, -0.15) is 0 Å². The molecule has 4 heteroatoms. The third-order valence-electron chi connectivity index (χ3n) is 4.85. The van der Waals surface area contributed by atoms with Gasteiger partial charge in [-0.3, -0.25) is 9.59 Å². The highest BCUT2D eigenvalue weighted by molar-refractivity contribution is 5.80. The average Bonchev–Trinajstić information content (AvgIpc) is 2.92. The van der Waals surface area contributed by atoms with Crippen LogP contribution in [0.2, 0.25) is 0 Å². The number of allylic oxidation sites excluding steroid dienone is 2. The Balaban J connectivity index is 1.56. The molecule has 2 fully saturated rings. The summed E-state index contributed by atoms with van der Waals surface area (Å²) in [4.78, 5) is 25.9. The number of hydrogen-bond acceptors (Lipinski definition) is 2. The third-order valence-corrected chi connectivity index (χ3v) is 4.85. The average molecular weight is 262 g/mol. The first-order valence-corrected chi connectivity index (χ1v) is 7.43. The van der Waals surface area contributed by atoms with Crippen LogP contribution in [0.1, 0.15) is 44.9 Å². The zero-order valence-corrected chi connectivity index (χ0v) is 11.4. The monoisotopic (exact) mass is 262 g/mol. The van der Waals surface area contributed by atoms with Crippen LogP contribution < -0.4 is 5.32 Å². The summed E-state index contributed by atoms with van der Waals surface area (Å²) < 4.78 is 0. The van der Waals surface area contributed by atoms with Crippen molar-refractivity contribution in [2.24, 2.45) is 5.92 Å².